The average molecular weight is 375 g/mol. The Balaban J connectivity index is 1.74. The lowest BCUT2D eigenvalue weighted by atomic mass is 10.2. The van der Waals surface area contributed by atoms with Gasteiger partial charge in [0, 0.05) is 31.9 Å². The molecule has 0 aliphatic carbocycles. The molecule has 1 aromatic carbocycles. The zero-order valence-corrected chi connectivity index (χ0v) is 15.8. The number of hydrogen-bond acceptors (Lipinski definition) is 5. The van der Waals surface area contributed by atoms with Gasteiger partial charge in [-0.3, -0.25) is 4.98 Å². The van der Waals surface area contributed by atoms with Crippen molar-refractivity contribution in [1.82, 2.24) is 14.6 Å². The van der Waals surface area contributed by atoms with Crippen LogP contribution in [0.4, 0.5) is 0 Å². The molecule has 1 aliphatic rings. The van der Waals surface area contributed by atoms with Crippen molar-refractivity contribution in [3.63, 3.8) is 0 Å². The second kappa shape index (κ2) is 8.16. The number of pyridine rings is 1. The van der Waals surface area contributed by atoms with Gasteiger partial charge in [0.05, 0.1) is 10.6 Å². The van der Waals surface area contributed by atoms with Gasteiger partial charge in [0.15, 0.2) is 0 Å². The Hall–Kier alpha value is -1.96. The third-order valence-electron chi connectivity index (χ3n) is 4.60. The molecule has 6 nitrogen and oxygen atoms in total. The van der Waals surface area contributed by atoms with E-state index in [1.807, 2.05) is 19.1 Å². The number of nitrogens with zero attached hydrogens (tertiary/aromatic N) is 2. The van der Waals surface area contributed by atoms with Gasteiger partial charge in [-0.2, -0.15) is 4.31 Å². The van der Waals surface area contributed by atoms with E-state index in [-0.39, 0.29) is 5.75 Å². The Morgan fingerprint density at radius 1 is 1.08 bits per heavy atom. The van der Waals surface area contributed by atoms with Crippen molar-refractivity contribution in [2.45, 2.75) is 44.2 Å². The molecular weight excluding hydrogens is 350 g/mol. The van der Waals surface area contributed by atoms with Crippen molar-refractivity contribution in [1.29, 1.82) is 0 Å². The molecule has 3 rings (SSSR count). The molecule has 2 N–H and O–H groups in total. The van der Waals surface area contributed by atoms with Gasteiger partial charge in [-0.05, 0) is 43.5 Å². The predicted molar refractivity (Wildman–Crippen MR) is 100 cm³/mol. The number of rotatable bonds is 6. The molecule has 1 fully saturated rings. The summed E-state index contributed by atoms with van der Waals surface area (Å²) in [7, 11) is -3.47. The molecule has 1 saturated heterocycles. The highest BCUT2D eigenvalue weighted by Gasteiger charge is 2.27. The van der Waals surface area contributed by atoms with Crippen LogP contribution in [-0.2, 0) is 23.1 Å². The van der Waals surface area contributed by atoms with Crippen LogP contribution in [0.25, 0.3) is 0 Å². The fourth-order valence-corrected chi connectivity index (χ4v) is 4.93. The minimum atomic E-state index is -3.47. The molecule has 0 spiro atoms. The summed E-state index contributed by atoms with van der Waals surface area (Å²) in [4.78, 5) is 4.67. The molecule has 1 aromatic heterocycles. The third-order valence-corrected chi connectivity index (χ3v) is 6.60. The first-order valence-electron chi connectivity index (χ1n) is 8.93. The monoisotopic (exact) mass is 375 g/mol. The van der Waals surface area contributed by atoms with E-state index in [0.29, 0.717) is 36.8 Å². The van der Waals surface area contributed by atoms with Gasteiger partial charge >= 0.3 is 0 Å². The summed E-state index contributed by atoms with van der Waals surface area (Å²) < 4.78 is 27.6. The molecule has 26 heavy (non-hydrogen) atoms. The summed E-state index contributed by atoms with van der Waals surface area (Å²) in [6, 6.07) is 10.5. The van der Waals surface area contributed by atoms with Gasteiger partial charge in [0.1, 0.15) is 5.75 Å². The van der Waals surface area contributed by atoms with Crippen LogP contribution in [0.3, 0.4) is 0 Å². The molecule has 0 atom stereocenters. The second-order valence-corrected chi connectivity index (χ2v) is 8.50. The van der Waals surface area contributed by atoms with E-state index >= 15 is 0 Å². The number of sulfonamides is 1. The predicted octanol–water partition coefficient (Wildman–Crippen LogP) is 2.56. The molecule has 7 heteroatoms. The van der Waals surface area contributed by atoms with Gasteiger partial charge in [0.25, 0.3) is 0 Å². The first-order valence-corrected chi connectivity index (χ1v) is 10.4. The first kappa shape index (κ1) is 18.8. The van der Waals surface area contributed by atoms with Crippen molar-refractivity contribution < 1.29 is 13.5 Å². The standard InChI is InChI=1S/C19H25N3O3S/c1-15-9-10-18(23)17(21-15)14-20-13-16-7-3-4-8-19(16)26(24,25)22-11-5-2-6-12-22/h3-4,7-10,20,23H,2,5-6,11-14H2,1H3. The topological polar surface area (TPSA) is 82.5 Å². The summed E-state index contributed by atoms with van der Waals surface area (Å²) in [5.41, 5.74) is 2.11. The highest BCUT2D eigenvalue weighted by molar-refractivity contribution is 7.89. The van der Waals surface area contributed by atoms with E-state index in [1.165, 1.54) is 0 Å². The van der Waals surface area contributed by atoms with E-state index in [9.17, 15) is 13.5 Å². The van der Waals surface area contributed by atoms with Crippen LogP contribution in [0, 0.1) is 6.92 Å². The minimum absolute atomic E-state index is 0.136. The number of aryl methyl sites for hydroxylation is 1. The van der Waals surface area contributed by atoms with E-state index in [1.54, 1.807) is 28.6 Å². The maximum atomic E-state index is 13.0. The lowest BCUT2D eigenvalue weighted by molar-refractivity contribution is 0.346. The molecule has 0 unspecified atom stereocenters. The number of nitrogens with one attached hydrogen (secondary N) is 1. The summed E-state index contributed by atoms with van der Waals surface area (Å²) in [5, 5.41) is 13.1. The van der Waals surface area contributed by atoms with E-state index < -0.39 is 10.0 Å². The molecule has 0 radical (unpaired) electrons. The van der Waals surface area contributed by atoms with Crippen molar-refractivity contribution in [3.05, 3.63) is 53.3 Å². The zero-order valence-electron chi connectivity index (χ0n) is 15.0. The van der Waals surface area contributed by atoms with Crippen molar-refractivity contribution >= 4 is 10.0 Å². The van der Waals surface area contributed by atoms with Crippen LogP contribution in [0.1, 0.15) is 36.2 Å². The van der Waals surface area contributed by atoms with Crippen LogP contribution in [0.15, 0.2) is 41.3 Å². The third kappa shape index (κ3) is 4.23. The van der Waals surface area contributed by atoms with Crippen molar-refractivity contribution in [2.75, 3.05) is 13.1 Å². The average Bonchev–Trinajstić information content (AvgIpc) is 2.65. The Morgan fingerprint density at radius 3 is 2.58 bits per heavy atom. The number of hydrogen-bond donors (Lipinski definition) is 2. The quantitative estimate of drug-likeness (QED) is 0.811. The SMILES string of the molecule is Cc1ccc(O)c(CNCc2ccccc2S(=O)(=O)N2CCCCC2)n1. The Bertz CT molecular complexity index is 862. The van der Waals surface area contributed by atoms with E-state index in [0.717, 1.165) is 30.5 Å². The van der Waals surface area contributed by atoms with Crippen LogP contribution >= 0.6 is 0 Å². The minimum Gasteiger partial charge on any atom is -0.506 e. The molecule has 1 aliphatic heterocycles. The second-order valence-electron chi connectivity index (χ2n) is 6.59. The van der Waals surface area contributed by atoms with Gasteiger partial charge < -0.3 is 10.4 Å². The molecule has 0 saturated carbocycles. The lowest BCUT2D eigenvalue weighted by Gasteiger charge is -2.26. The highest BCUT2D eigenvalue weighted by Crippen LogP contribution is 2.23. The lowest BCUT2D eigenvalue weighted by Crippen LogP contribution is -2.36. The van der Waals surface area contributed by atoms with Crippen molar-refractivity contribution in [2.24, 2.45) is 0 Å². The summed E-state index contributed by atoms with van der Waals surface area (Å²) >= 11 is 0. The number of piperidine rings is 1. The fourth-order valence-electron chi connectivity index (χ4n) is 3.19. The molecule has 0 amide bonds. The Morgan fingerprint density at radius 2 is 1.81 bits per heavy atom. The maximum absolute atomic E-state index is 13.0. The molecule has 2 aromatic rings. The van der Waals surface area contributed by atoms with Gasteiger partial charge in [-0.15, -0.1) is 0 Å². The summed E-state index contributed by atoms with van der Waals surface area (Å²) in [6.07, 6.45) is 2.91. The largest absolute Gasteiger partial charge is 0.506 e. The van der Waals surface area contributed by atoms with Crippen molar-refractivity contribution in [3.8, 4) is 5.75 Å². The number of aromatic hydroxyl groups is 1. The number of aromatic nitrogens is 1. The zero-order chi connectivity index (χ0) is 18.6. The summed E-state index contributed by atoms with van der Waals surface area (Å²) in [5.74, 6) is 0.136. The van der Waals surface area contributed by atoms with Crippen LogP contribution in [-0.4, -0.2) is 35.9 Å². The molecule has 2 heterocycles. The summed E-state index contributed by atoms with van der Waals surface area (Å²) in [6.45, 7) is 3.80. The first-order chi connectivity index (χ1) is 12.5. The van der Waals surface area contributed by atoms with Gasteiger partial charge in [-0.25, -0.2) is 8.42 Å². The van der Waals surface area contributed by atoms with Gasteiger partial charge in [-0.1, -0.05) is 24.6 Å². The molecular formula is C19H25N3O3S. The fraction of sp³-hybridized carbons (Fsp3) is 0.421. The van der Waals surface area contributed by atoms with Gasteiger partial charge in [0.2, 0.25) is 10.0 Å². The normalized spacial score (nSPS) is 15.9. The number of benzene rings is 1. The maximum Gasteiger partial charge on any atom is 0.243 e. The van der Waals surface area contributed by atoms with Crippen LogP contribution in [0.5, 0.6) is 5.75 Å². The van der Waals surface area contributed by atoms with Crippen LogP contribution in [0.2, 0.25) is 0 Å². The molecule has 140 valence electrons. The van der Waals surface area contributed by atoms with E-state index in [4.69, 9.17) is 0 Å². The Labute approximate surface area is 154 Å². The Kier molecular flexibility index (Phi) is 5.90. The smallest absolute Gasteiger partial charge is 0.243 e. The van der Waals surface area contributed by atoms with E-state index in [2.05, 4.69) is 10.3 Å². The van der Waals surface area contributed by atoms with Crippen LogP contribution < -0.4 is 5.32 Å². The highest BCUT2D eigenvalue weighted by atomic mass is 32.2. The molecule has 0 bridgehead atoms.